The SMILES string of the molecule is COC(=O)c1ccc(-n2nnc(-c3nsc(NC(=O)c4ccco4)n3)c2C)cc1. The van der Waals surface area contributed by atoms with Gasteiger partial charge in [-0.1, -0.05) is 5.21 Å². The molecule has 0 saturated carbocycles. The molecule has 0 aliphatic carbocycles. The first kappa shape index (κ1) is 18.5. The normalized spacial score (nSPS) is 10.7. The molecule has 0 saturated heterocycles. The third kappa shape index (κ3) is 3.62. The van der Waals surface area contributed by atoms with Gasteiger partial charge in [-0.05, 0) is 43.3 Å². The minimum Gasteiger partial charge on any atom is -0.465 e. The molecular formula is C18H14N6O4S. The smallest absolute Gasteiger partial charge is 0.337 e. The Kier molecular flexibility index (Phi) is 4.87. The van der Waals surface area contributed by atoms with E-state index in [1.54, 1.807) is 41.1 Å². The van der Waals surface area contributed by atoms with Crippen LogP contribution >= 0.6 is 11.5 Å². The molecule has 0 aliphatic rings. The molecule has 146 valence electrons. The zero-order chi connectivity index (χ0) is 20.4. The van der Waals surface area contributed by atoms with Crippen molar-refractivity contribution in [2.75, 3.05) is 12.4 Å². The Hall–Kier alpha value is -3.86. The van der Waals surface area contributed by atoms with Crippen molar-refractivity contribution >= 4 is 28.5 Å². The molecule has 3 heterocycles. The maximum Gasteiger partial charge on any atom is 0.337 e. The van der Waals surface area contributed by atoms with Crippen LogP contribution < -0.4 is 5.32 Å². The summed E-state index contributed by atoms with van der Waals surface area (Å²) in [6.45, 7) is 1.83. The maximum atomic E-state index is 12.0. The van der Waals surface area contributed by atoms with Crippen LogP contribution in [-0.4, -0.2) is 43.3 Å². The van der Waals surface area contributed by atoms with Gasteiger partial charge >= 0.3 is 5.97 Å². The molecule has 1 aromatic carbocycles. The van der Waals surface area contributed by atoms with Crippen molar-refractivity contribution < 1.29 is 18.7 Å². The number of furan rings is 1. The zero-order valence-electron chi connectivity index (χ0n) is 15.3. The second-order valence-electron chi connectivity index (χ2n) is 5.83. The van der Waals surface area contributed by atoms with Gasteiger partial charge in [0.05, 0.1) is 30.3 Å². The Morgan fingerprint density at radius 1 is 1.21 bits per heavy atom. The minimum atomic E-state index is -0.414. The summed E-state index contributed by atoms with van der Waals surface area (Å²) < 4.78 is 15.6. The predicted octanol–water partition coefficient (Wildman–Crippen LogP) is 2.73. The van der Waals surface area contributed by atoms with Gasteiger partial charge in [0.25, 0.3) is 5.91 Å². The van der Waals surface area contributed by atoms with Gasteiger partial charge in [-0.3, -0.25) is 10.1 Å². The molecule has 4 rings (SSSR count). The van der Waals surface area contributed by atoms with Crippen molar-refractivity contribution in [3.05, 3.63) is 59.7 Å². The zero-order valence-corrected chi connectivity index (χ0v) is 16.1. The molecule has 4 aromatic rings. The molecule has 0 radical (unpaired) electrons. The number of rotatable bonds is 5. The summed E-state index contributed by atoms with van der Waals surface area (Å²) in [5, 5.41) is 11.2. The second kappa shape index (κ2) is 7.64. The van der Waals surface area contributed by atoms with Gasteiger partial charge in [-0.2, -0.15) is 9.36 Å². The highest BCUT2D eigenvalue weighted by Gasteiger charge is 2.18. The maximum absolute atomic E-state index is 12.0. The first-order valence-corrected chi connectivity index (χ1v) is 9.14. The number of benzene rings is 1. The number of hydrogen-bond donors (Lipinski definition) is 1. The summed E-state index contributed by atoms with van der Waals surface area (Å²) in [6.07, 6.45) is 1.42. The molecule has 1 amide bonds. The van der Waals surface area contributed by atoms with E-state index >= 15 is 0 Å². The van der Waals surface area contributed by atoms with E-state index in [0.717, 1.165) is 17.2 Å². The monoisotopic (exact) mass is 410 g/mol. The predicted molar refractivity (Wildman–Crippen MR) is 103 cm³/mol. The van der Waals surface area contributed by atoms with Crippen molar-refractivity contribution in [2.24, 2.45) is 0 Å². The quantitative estimate of drug-likeness (QED) is 0.498. The number of hydrogen-bond acceptors (Lipinski definition) is 9. The lowest BCUT2D eigenvalue weighted by Crippen LogP contribution is -2.10. The highest BCUT2D eigenvalue weighted by molar-refractivity contribution is 7.10. The molecule has 3 aromatic heterocycles. The van der Waals surface area contributed by atoms with Crippen LogP contribution in [0.5, 0.6) is 0 Å². The largest absolute Gasteiger partial charge is 0.465 e. The Morgan fingerprint density at radius 3 is 2.69 bits per heavy atom. The van der Waals surface area contributed by atoms with Crippen molar-refractivity contribution in [2.45, 2.75) is 6.92 Å². The number of esters is 1. The molecule has 0 aliphatic heterocycles. The third-order valence-electron chi connectivity index (χ3n) is 4.03. The van der Waals surface area contributed by atoms with Crippen LogP contribution in [0.2, 0.25) is 0 Å². The minimum absolute atomic E-state index is 0.180. The molecule has 0 bridgehead atoms. The van der Waals surface area contributed by atoms with Gasteiger partial charge in [-0.25, -0.2) is 9.48 Å². The number of aromatic nitrogens is 5. The van der Waals surface area contributed by atoms with Crippen LogP contribution in [-0.2, 0) is 4.74 Å². The Labute approximate surface area is 168 Å². The number of ether oxygens (including phenoxy) is 1. The van der Waals surface area contributed by atoms with Gasteiger partial charge in [0, 0.05) is 11.5 Å². The van der Waals surface area contributed by atoms with Crippen molar-refractivity contribution in [1.82, 2.24) is 24.4 Å². The molecule has 10 nitrogen and oxygen atoms in total. The van der Waals surface area contributed by atoms with E-state index in [0.29, 0.717) is 27.9 Å². The fourth-order valence-electron chi connectivity index (χ4n) is 2.57. The molecule has 0 fully saturated rings. The topological polar surface area (TPSA) is 125 Å². The summed E-state index contributed by atoms with van der Waals surface area (Å²) in [7, 11) is 1.33. The number of carbonyl (C=O) groups is 2. The van der Waals surface area contributed by atoms with E-state index in [1.165, 1.54) is 13.4 Å². The first-order valence-electron chi connectivity index (χ1n) is 8.37. The number of amides is 1. The van der Waals surface area contributed by atoms with E-state index in [9.17, 15) is 9.59 Å². The van der Waals surface area contributed by atoms with Gasteiger partial charge in [0.15, 0.2) is 17.3 Å². The first-order chi connectivity index (χ1) is 14.1. The van der Waals surface area contributed by atoms with Gasteiger partial charge in [0.1, 0.15) is 0 Å². The lowest BCUT2D eigenvalue weighted by Gasteiger charge is -2.04. The molecule has 0 spiro atoms. The van der Waals surface area contributed by atoms with E-state index in [-0.39, 0.29) is 5.76 Å². The summed E-state index contributed by atoms with van der Waals surface area (Å²) >= 11 is 1.03. The number of anilines is 1. The molecule has 1 N–H and O–H groups in total. The number of nitrogens with zero attached hydrogens (tertiary/aromatic N) is 5. The van der Waals surface area contributed by atoms with Gasteiger partial charge < -0.3 is 9.15 Å². The summed E-state index contributed by atoms with van der Waals surface area (Å²) in [5.41, 5.74) is 2.34. The fraction of sp³-hybridized carbons (Fsp3) is 0.111. The lowest BCUT2D eigenvalue weighted by molar-refractivity contribution is 0.0600. The standard InChI is InChI=1S/C18H14N6O4S/c1-10-14(15-19-18(29-22-15)20-16(25)13-4-3-9-28-13)21-23-24(10)12-7-5-11(6-8-12)17(26)27-2/h3-9H,1-2H3,(H,19,20,22,25). The highest BCUT2D eigenvalue weighted by atomic mass is 32.1. The van der Waals surface area contributed by atoms with Crippen molar-refractivity contribution in [3.8, 4) is 17.2 Å². The molecule has 0 unspecified atom stereocenters. The Morgan fingerprint density at radius 2 is 2.00 bits per heavy atom. The van der Waals surface area contributed by atoms with E-state index < -0.39 is 11.9 Å². The lowest BCUT2D eigenvalue weighted by atomic mass is 10.2. The van der Waals surface area contributed by atoms with Crippen LogP contribution in [0.4, 0.5) is 5.13 Å². The Balaban J connectivity index is 1.55. The van der Waals surface area contributed by atoms with Crippen LogP contribution in [0.25, 0.3) is 17.2 Å². The van der Waals surface area contributed by atoms with Crippen molar-refractivity contribution in [1.29, 1.82) is 0 Å². The average molecular weight is 410 g/mol. The molecule has 29 heavy (non-hydrogen) atoms. The summed E-state index contributed by atoms with van der Waals surface area (Å²) in [6, 6.07) is 9.94. The van der Waals surface area contributed by atoms with Gasteiger partial charge in [-0.15, -0.1) is 5.10 Å². The number of methoxy groups -OCH3 is 1. The third-order valence-corrected chi connectivity index (χ3v) is 4.66. The van der Waals surface area contributed by atoms with Crippen LogP contribution in [0.15, 0.2) is 47.1 Å². The molecule has 0 atom stereocenters. The summed E-state index contributed by atoms with van der Waals surface area (Å²) in [5.74, 6) is -0.300. The molecule has 11 heteroatoms. The Bertz CT molecular complexity index is 1160. The fourth-order valence-corrected chi connectivity index (χ4v) is 3.14. The number of carbonyl (C=O) groups excluding carboxylic acids is 2. The average Bonchev–Trinajstić information content (AvgIpc) is 3.48. The van der Waals surface area contributed by atoms with E-state index in [4.69, 9.17) is 9.15 Å². The van der Waals surface area contributed by atoms with Crippen LogP contribution in [0.3, 0.4) is 0 Å². The summed E-state index contributed by atoms with van der Waals surface area (Å²) in [4.78, 5) is 27.9. The highest BCUT2D eigenvalue weighted by Crippen LogP contribution is 2.24. The van der Waals surface area contributed by atoms with E-state index in [2.05, 4.69) is 25.0 Å². The van der Waals surface area contributed by atoms with Crippen LogP contribution in [0.1, 0.15) is 26.6 Å². The number of nitrogens with one attached hydrogen (secondary N) is 1. The molecular weight excluding hydrogens is 396 g/mol. The van der Waals surface area contributed by atoms with Crippen molar-refractivity contribution in [3.63, 3.8) is 0 Å². The van der Waals surface area contributed by atoms with Crippen LogP contribution in [0, 0.1) is 6.92 Å². The second-order valence-corrected chi connectivity index (χ2v) is 6.58. The van der Waals surface area contributed by atoms with Gasteiger partial charge in [0.2, 0.25) is 5.13 Å². The van der Waals surface area contributed by atoms with E-state index in [1.807, 2.05) is 6.92 Å².